The van der Waals surface area contributed by atoms with E-state index in [0.29, 0.717) is 33.7 Å². The Balaban J connectivity index is 1.61. The summed E-state index contributed by atoms with van der Waals surface area (Å²) in [5.74, 6) is 1.11. The zero-order valence-corrected chi connectivity index (χ0v) is 18.7. The molecule has 0 atom stereocenters. The van der Waals surface area contributed by atoms with Gasteiger partial charge in [0.1, 0.15) is 23.0 Å². The standard InChI is InChI=1S/C20H21N7O5S/c1-3-30-19(29)14-10(2)32-18-15(14)16(22)23-13(24-18)9-33-20-26-25-17(11-5-4-8-31-11)27(20)7-6-12(21)28/h4-5,8H,3,6-7,9H2,1-2H3,(H2,21,28)(H2,22,23,24). The van der Waals surface area contributed by atoms with E-state index in [2.05, 4.69) is 20.2 Å². The number of thioether (sulfide) groups is 1. The van der Waals surface area contributed by atoms with E-state index in [9.17, 15) is 9.59 Å². The number of nitrogens with zero attached hydrogens (tertiary/aromatic N) is 5. The van der Waals surface area contributed by atoms with Crippen molar-refractivity contribution in [3.05, 3.63) is 35.5 Å². The maximum Gasteiger partial charge on any atom is 0.342 e. The lowest BCUT2D eigenvalue weighted by Gasteiger charge is -2.08. The highest BCUT2D eigenvalue weighted by Crippen LogP contribution is 2.31. The fourth-order valence-electron chi connectivity index (χ4n) is 3.23. The van der Waals surface area contributed by atoms with Gasteiger partial charge in [-0.05, 0) is 26.0 Å². The monoisotopic (exact) mass is 471 g/mol. The van der Waals surface area contributed by atoms with Crippen molar-refractivity contribution in [1.29, 1.82) is 0 Å². The van der Waals surface area contributed by atoms with Gasteiger partial charge in [-0.1, -0.05) is 11.8 Å². The lowest BCUT2D eigenvalue weighted by Crippen LogP contribution is -2.15. The second kappa shape index (κ2) is 9.32. The topological polar surface area (TPSA) is 178 Å². The van der Waals surface area contributed by atoms with Crippen molar-refractivity contribution >= 4 is 40.6 Å². The number of hydrogen-bond acceptors (Lipinski definition) is 11. The first kappa shape index (κ1) is 22.3. The van der Waals surface area contributed by atoms with Crippen molar-refractivity contribution in [2.24, 2.45) is 5.73 Å². The second-order valence-electron chi connectivity index (χ2n) is 6.90. The molecule has 4 aromatic rings. The Bertz CT molecular complexity index is 1310. The Kier molecular flexibility index (Phi) is 6.31. The Morgan fingerprint density at radius 3 is 2.79 bits per heavy atom. The molecule has 4 heterocycles. The molecular weight excluding hydrogens is 450 g/mol. The number of rotatable bonds is 9. The van der Waals surface area contributed by atoms with Crippen molar-refractivity contribution in [2.75, 3.05) is 12.3 Å². The van der Waals surface area contributed by atoms with Crippen LogP contribution in [0.2, 0.25) is 0 Å². The third kappa shape index (κ3) is 4.53. The number of aromatic nitrogens is 5. The van der Waals surface area contributed by atoms with Gasteiger partial charge in [0.15, 0.2) is 16.7 Å². The Morgan fingerprint density at radius 2 is 2.09 bits per heavy atom. The fourth-order valence-corrected chi connectivity index (χ4v) is 4.05. The van der Waals surface area contributed by atoms with Gasteiger partial charge >= 0.3 is 5.97 Å². The van der Waals surface area contributed by atoms with E-state index >= 15 is 0 Å². The molecule has 0 aliphatic heterocycles. The van der Waals surface area contributed by atoms with E-state index in [1.54, 1.807) is 30.5 Å². The minimum absolute atomic E-state index is 0.108. The highest BCUT2D eigenvalue weighted by Gasteiger charge is 2.24. The molecule has 0 saturated heterocycles. The van der Waals surface area contributed by atoms with Crippen LogP contribution in [0.25, 0.3) is 22.7 Å². The molecule has 13 heteroatoms. The zero-order valence-electron chi connectivity index (χ0n) is 17.9. The van der Waals surface area contributed by atoms with Gasteiger partial charge in [0, 0.05) is 13.0 Å². The highest BCUT2D eigenvalue weighted by atomic mass is 32.2. The molecule has 33 heavy (non-hydrogen) atoms. The molecule has 4 rings (SSSR count). The molecular formula is C20H21N7O5S. The van der Waals surface area contributed by atoms with Gasteiger partial charge in [0.2, 0.25) is 11.6 Å². The average molecular weight is 471 g/mol. The first-order valence-electron chi connectivity index (χ1n) is 9.99. The average Bonchev–Trinajstić information content (AvgIpc) is 3.48. The molecule has 4 aromatic heterocycles. The van der Waals surface area contributed by atoms with Crippen LogP contribution in [0.15, 0.2) is 32.4 Å². The lowest BCUT2D eigenvalue weighted by atomic mass is 10.2. The van der Waals surface area contributed by atoms with Gasteiger partial charge in [-0.15, -0.1) is 10.2 Å². The summed E-state index contributed by atoms with van der Waals surface area (Å²) in [6, 6.07) is 3.48. The molecule has 0 fully saturated rings. The summed E-state index contributed by atoms with van der Waals surface area (Å²) in [5.41, 5.74) is 11.9. The second-order valence-corrected chi connectivity index (χ2v) is 7.84. The number of primary amides is 1. The van der Waals surface area contributed by atoms with E-state index in [4.69, 9.17) is 25.0 Å². The predicted molar refractivity (Wildman–Crippen MR) is 118 cm³/mol. The fraction of sp³-hybridized carbons (Fsp3) is 0.300. The van der Waals surface area contributed by atoms with E-state index in [0.717, 1.165) is 0 Å². The van der Waals surface area contributed by atoms with Crippen LogP contribution in [0.5, 0.6) is 0 Å². The molecule has 1 amide bonds. The van der Waals surface area contributed by atoms with Crippen LogP contribution in [0.4, 0.5) is 5.82 Å². The number of esters is 1. The number of amides is 1. The molecule has 4 N–H and O–H groups in total. The van der Waals surface area contributed by atoms with Crippen molar-refractivity contribution in [3.8, 4) is 11.6 Å². The summed E-state index contributed by atoms with van der Waals surface area (Å²) >= 11 is 1.29. The van der Waals surface area contributed by atoms with E-state index < -0.39 is 11.9 Å². The normalized spacial score (nSPS) is 11.2. The number of anilines is 1. The Hall–Kier alpha value is -3.87. The molecule has 0 aliphatic carbocycles. The van der Waals surface area contributed by atoms with Crippen molar-refractivity contribution < 1.29 is 23.2 Å². The largest absolute Gasteiger partial charge is 0.462 e. The van der Waals surface area contributed by atoms with E-state index in [1.165, 1.54) is 18.0 Å². The molecule has 0 saturated carbocycles. The number of nitrogen functional groups attached to an aromatic ring is 1. The number of nitrogens with two attached hydrogens (primary N) is 2. The number of ether oxygens (including phenoxy) is 1. The molecule has 12 nitrogen and oxygen atoms in total. The summed E-state index contributed by atoms with van der Waals surface area (Å²) in [4.78, 5) is 32.3. The summed E-state index contributed by atoms with van der Waals surface area (Å²) in [6.45, 7) is 3.85. The van der Waals surface area contributed by atoms with Gasteiger partial charge in [-0.2, -0.15) is 4.98 Å². The lowest BCUT2D eigenvalue weighted by molar-refractivity contribution is -0.118. The highest BCUT2D eigenvalue weighted by molar-refractivity contribution is 7.98. The van der Waals surface area contributed by atoms with Gasteiger partial charge in [-0.25, -0.2) is 9.78 Å². The Morgan fingerprint density at radius 1 is 1.27 bits per heavy atom. The third-order valence-electron chi connectivity index (χ3n) is 4.65. The van der Waals surface area contributed by atoms with Crippen LogP contribution in [0.1, 0.15) is 35.3 Å². The van der Waals surface area contributed by atoms with Gasteiger partial charge in [0.25, 0.3) is 0 Å². The first-order chi connectivity index (χ1) is 15.9. The van der Waals surface area contributed by atoms with Crippen molar-refractivity contribution in [2.45, 2.75) is 37.7 Å². The van der Waals surface area contributed by atoms with Crippen molar-refractivity contribution in [1.82, 2.24) is 24.7 Å². The van der Waals surface area contributed by atoms with Crippen LogP contribution in [0, 0.1) is 6.92 Å². The molecule has 0 bridgehead atoms. The van der Waals surface area contributed by atoms with Crippen LogP contribution in [-0.2, 0) is 21.8 Å². The van der Waals surface area contributed by atoms with Crippen LogP contribution < -0.4 is 11.5 Å². The smallest absolute Gasteiger partial charge is 0.342 e. The summed E-state index contributed by atoms with van der Waals surface area (Å²) in [5, 5.41) is 9.23. The number of furan rings is 2. The molecule has 0 radical (unpaired) electrons. The summed E-state index contributed by atoms with van der Waals surface area (Å²) in [7, 11) is 0. The van der Waals surface area contributed by atoms with Crippen molar-refractivity contribution in [3.63, 3.8) is 0 Å². The van der Waals surface area contributed by atoms with Gasteiger partial charge in [-0.3, -0.25) is 9.36 Å². The number of fused-ring (bicyclic) bond motifs is 1. The van der Waals surface area contributed by atoms with Gasteiger partial charge in [0.05, 0.1) is 24.0 Å². The summed E-state index contributed by atoms with van der Waals surface area (Å²) in [6.07, 6.45) is 1.63. The van der Waals surface area contributed by atoms with Crippen LogP contribution in [0.3, 0.4) is 0 Å². The molecule has 0 unspecified atom stereocenters. The van der Waals surface area contributed by atoms with Crippen LogP contribution >= 0.6 is 11.8 Å². The first-order valence-corrected chi connectivity index (χ1v) is 11.0. The number of hydrogen-bond donors (Lipinski definition) is 2. The number of carbonyl (C=O) groups is 2. The minimum atomic E-state index is -0.542. The molecule has 0 aliphatic rings. The molecule has 172 valence electrons. The Labute approximate surface area is 191 Å². The summed E-state index contributed by atoms with van der Waals surface area (Å²) < 4.78 is 17.9. The quantitative estimate of drug-likeness (QED) is 0.270. The maximum atomic E-state index is 12.3. The van der Waals surface area contributed by atoms with E-state index in [-0.39, 0.29) is 42.4 Å². The molecule has 0 spiro atoms. The molecule has 0 aromatic carbocycles. The van der Waals surface area contributed by atoms with Crippen LogP contribution in [-0.4, -0.2) is 43.2 Å². The maximum absolute atomic E-state index is 12.3. The minimum Gasteiger partial charge on any atom is -0.462 e. The predicted octanol–water partition coefficient (Wildman–Crippen LogP) is 2.31. The number of carbonyl (C=O) groups excluding carboxylic acids is 2. The van der Waals surface area contributed by atoms with E-state index in [1.807, 2.05) is 0 Å². The zero-order chi connectivity index (χ0) is 23.5. The van der Waals surface area contributed by atoms with Gasteiger partial charge < -0.3 is 25.0 Å². The number of aryl methyl sites for hydroxylation is 1. The SMILES string of the molecule is CCOC(=O)c1c(C)oc2nc(CSc3nnc(-c4ccco4)n3CCC(N)=O)nc(N)c12. The third-order valence-corrected chi connectivity index (χ3v) is 5.61.